The summed E-state index contributed by atoms with van der Waals surface area (Å²) in [6, 6.07) is 6.54. The van der Waals surface area contributed by atoms with E-state index in [1.807, 2.05) is 0 Å². The van der Waals surface area contributed by atoms with Crippen LogP contribution in [0.3, 0.4) is 0 Å². The summed E-state index contributed by atoms with van der Waals surface area (Å²) in [5.41, 5.74) is 6.88. The number of hydrogen-bond donors (Lipinski definition) is 2. The van der Waals surface area contributed by atoms with Gasteiger partial charge in [-0.1, -0.05) is 12.1 Å². The molecule has 24 heavy (non-hydrogen) atoms. The van der Waals surface area contributed by atoms with Crippen LogP contribution in [0.25, 0.3) is 0 Å². The van der Waals surface area contributed by atoms with E-state index < -0.39 is 24.3 Å². The molecule has 0 radical (unpaired) electrons. The topological polar surface area (TPSA) is 90.7 Å². The van der Waals surface area contributed by atoms with Crippen LogP contribution in [0.15, 0.2) is 24.3 Å². The van der Waals surface area contributed by atoms with E-state index in [2.05, 4.69) is 4.74 Å². The summed E-state index contributed by atoms with van der Waals surface area (Å²) in [6.45, 7) is 0.0563. The van der Waals surface area contributed by atoms with Crippen molar-refractivity contribution in [3.63, 3.8) is 0 Å². The molecule has 0 aromatic heterocycles. The molecule has 1 unspecified atom stereocenters. The lowest BCUT2D eigenvalue weighted by Gasteiger charge is -2.14. The minimum Gasteiger partial charge on any atom is -0.465 e. The highest BCUT2D eigenvalue weighted by Crippen LogP contribution is 2.14. The number of methoxy groups -OCH3 is 1. The SMILES string of the molecule is COC(=O)c1ccc(COC(N)CCCNC(=O)C(F)(F)F)cc1. The molecule has 1 rings (SSSR count). The smallest absolute Gasteiger partial charge is 0.465 e. The number of alkyl halides is 3. The largest absolute Gasteiger partial charge is 0.471 e. The van der Waals surface area contributed by atoms with Crippen LogP contribution < -0.4 is 11.1 Å². The van der Waals surface area contributed by atoms with Gasteiger partial charge >= 0.3 is 18.1 Å². The maximum atomic E-state index is 12.0. The average Bonchev–Trinajstić information content (AvgIpc) is 2.55. The number of esters is 1. The molecule has 0 aliphatic heterocycles. The first-order valence-electron chi connectivity index (χ1n) is 7.13. The minimum absolute atomic E-state index is 0.136. The molecule has 3 N–H and O–H groups in total. The third-order valence-electron chi connectivity index (χ3n) is 3.05. The Labute approximate surface area is 137 Å². The first kappa shape index (κ1) is 19.9. The predicted octanol–water partition coefficient (Wildman–Crippen LogP) is 1.73. The highest BCUT2D eigenvalue weighted by Gasteiger charge is 2.38. The van der Waals surface area contributed by atoms with Gasteiger partial charge in [-0.15, -0.1) is 0 Å². The van der Waals surface area contributed by atoms with Gasteiger partial charge in [-0.25, -0.2) is 4.79 Å². The molecule has 0 bridgehead atoms. The van der Waals surface area contributed by atoms with E-state index in [4.69, 9.17) is 10.5 Å². The van der Waals surface area contributed by atoms with E-state index in [9.17, 15) is 22.8 Å². The number of halogens is 3. The molecule has 6 nitrogen and oxygen atoms in total. The first-order chi connectivity index (χ1) is 11.2. The highest BCUT2D eigenvalue weighted by molar-refractivity contribution is 5.89. The van der Waals surface area contributed by atoms with Gasteiger partial charge < -0.3 is 20.5 Å². The Morgan fingerprint density at radius 2 is 1.88 bits per heavy atom. The Balaban J connectivity index is 2.25. The second kappa shape index (κ2) is 9.24. The Morgan fingerprint density at radius 3 is 2.42 bits per heavy atom. The first-order valence-corrected chi connectivity index (χ1v) is 7.13. The lowest BCUT2D eigenvalue weighted by Crippen LogP contribution is -2.37. The van der Waals surface area contributed by atoms with Gasteiger partial charge in [-0.05, 0) is 30.5 Å². The molecular weight excluding hydrogens is 329 g/mol. The van der Waals surface area contributed by atoms with Crippen molar-refractivity contribution in [1.29, 1.82) is 0 Å². The van der Waals surface area contributed by atoms with Crippen LogP contribution >= 0.6 is 0 Å². The van der Waals surface area contributed by atoms with Crippen molar-refractivity contribution < 1.29 is 32.2 Å². The van der Waals surface area contributed by atoms with Gasteiger partial charge in [-0.3, -0.25) is 4.79 Å². The zero-order chi connectivity index (χ0) is 18.2. The van der Waals surface area contributed by atoms with Crippen molar-refractivity contribution in [1.82, 2.24) is 5.32 Å². The second-order valence-electron chi connectivity index (χ2n) is 4.93. The summed E-state index contributed by atoms with van der Waals surface area (Å²) in [7, 11) is 1.29. The molecule has 0 fully saturated rings. The van der Waals surface area contributed by atoms with E-state index in [-0.39, 0.29) is 19.6 Å². The van der Waals surface area contributed by atoms with E-state index in [0.29, 0.717) is 12.0 Å². The average molecular weight is 348 g/mol. The second-order valence-corrected chi connectivity index (χ2v) is 4.93. The summed E-state index contributed by atoms with van der Waals surface area (Å²) in [5.74, 6) is -2.41. The maximum Gasteiger partial charge on any atom is 0.471 e. The van der Waals surface area contributed by atoms with Crippen molar-refractivity contribution in [2.24, 2.45) is 5.73 Å². The van der Waals surface area contributed by atoms with Crippen LogP contribution in [-0.2, 0) is 20.9 Å². The quantitative estimate of drug-likeness (QED) is 0.424. The van der Waals surface area contributed by atoms with E-state index in [1.165, 1.54) is 7.11 Å². The van der Waals surface area contributed by atoms with Crippen LogP contribution in [0.5, 0.6) is 0 Å². The van der Waals surface area contributed by atoms with Gasteiger partial charge in [0.1, 0.15) is 6.23 Å². The summed E-state index contributed by atoms with van der Waals surface area (Å²) < 4.78 is 45.8. The molecule has 0 heterocycles. The normalized spacial score (nSPS) is 12.5. The maximum absolute atomic E-state index is 12.0. The zero-order valence-corrected chi connectivity index (χ0v) is 13.1. The molecule has 0 aliphatic rings. The molecule has 0 spiro atoms. The fourth-order valence-corrected chi connectivity index (χ4v) is 1.75. The predicted molar refractivity (Wildman–Crippen MR) is 78.8 cm³/mol. The fourth-order valence-electron chi connectivity index (χ4n) is 1.75. The molecular formula is C15H19F3N2O4. The zero-order valence-electron chi connectivity index (χ0n) is 13.1. The molecule has 0 saturated carbocycles. The van der Waals surface area contributed by atoms with Crippen molar-refractivity contribution in [2.75, 3.05) is 13.7 Å². The Kier molecular flexibility index (Phi) is 7.66. The number of rotatable bonds is 8. The van der Waals surface area contributed by atoms with Crippen LogP contribution in [0.1, 0.15) is 28.8 Å². The lowest BCUT2D eigenvalue weighted by molar-refractivity contribution is -0.173. The van der Waals surface area contributed by atoms with E-state index in [1.54, 1.807) is 29.6 Å². The molecule has 1 aromatic carbocycles. The number of nitrogens with one attached hydrogen (secondary N) is 1. The highest BCUT2D eigenvalue weighted by atomic mass is 19.4. The Hall–Kier alpha value is -2.13. The van der Waals surface area contributed by atoms with Crippen molar-refractivity contribution in [3.8, 4) is 0 Å². The molecule has 1 atom stereocenters. The number of ether oxygens (including phenoxy) is 2. The van der Waals surface area contributed by atoms with Crippen LogP contribution in [0, 0.1) is 0 Å². The number of nitrogens with two attached hydrogens (primary N) is 1. The number of benzene rings is 1. The van der Waals surface area contributed by atoms with Crippen LogP contribution in [-0.4, -0.2) is 37.9 Å². The Morgan fingerprint density at radius 1 is 1.25 bits per heavy atom. The number of carbonyl (C=O) groups excluding carboxylic acids is 2. The van der Waals surface area contributed by atoms with Crippen molar-refractivity contribution in [3.05, 3.63) is 35.4 Å². The van der Waals surface area contributed by atoms with Crippen molar-refractivity contribution in [2.45, 2.75) is 31.9 Å². The van der Waals surface area contributed by atoms with Crippen molar-refractivity contribution >= 4 is 11.9 Å². The van der Waals surface area contributed by atoms with Gasteiger partial charge in [0.25, 0.3) is 0 Å². The number of carbonyl (C=O) groups is 2. The van der Waals surface area contributed by atoms with Crippen LogP contribution in [0.2, 0.25) is 0 Å². The molecule has 134 valence electrons. The molecule has 1 aromatic rings. The molecule has 9 heteroatoms. The monoisotopic (exact) mass is 348 g/mol. The molecule has 0 aliphatic carbocycles. The lowest BCUT2D eigenvalue weighted by atomic mass is 10.1. The number of amides is 1. The molecule has 1 amide bonds. The van der Waals surface area contributed by atoms with E-state index >= 15 is 0 Å². The van der Waals surface area contributed by atoms with Gasteiger partial charge in [-0.2, -0.15) is 13.2 Å². The van der Waals surface area contributed by atoms with Gasteiger partial charge in [0.2, 0.25) is 0 Å². The van der Waals surface area contributed by atoms with Gasteiger partial charge in [0.15, 0.2) is 0 Å². The Bertz CT molecular complexity index is 547. The summed E-state index contributed by atoms with van der Waals surface area (Å²) in [5, 5.41) is 1.76. The molecule has 0 saturated heterocycles. The standard InChI is InChI=1S/C15H19F3N2O4/c1-23-13(21)11-6-4-10(5-7-11)9-24-12(19)3-2-8-20-14(22)15(16,17)18/h4-7,12H,2-3,8-9,19H2,1H3,(H,20,22). The van der Waals surface area contributed by atoms with E-state index in [0.717, 1.165) is 5.56 Å². The fraction of sp³-hybridized carbons (Fsp3) is 0.467. The summed E-state index contributed by atoms with van der Waals surface area (Å²) in [4.78, 5) is 21.9. The van der Waals surface area contributed by atoms with Gasteiger partial charge in [0.05, 0.1) is 19.3 Å². The third kappa shape index (κ3) is 6.97. The number of hydrogen-bond acceptors (Lipinski definition) is 5. The van der Waals surface area contributed by atoms with Crippen LogP contribution in [0.4, 0.5) is 13.2 Å². The summed E-state index contributed by atoms with van der Waals surface area (Å²) >= 11 is 0. The minimum atomic E-state index is -4.88. The third-order valence-corrected chi connectivity index (χ3v) is 3.05. The summed E-state index contributed by atoms with van der Waals surface area (Å²) in [6.07, 6.45) is -5.01. The van der Waals surface area contributed by atoms with Gasteiger partial charge in [0, 0.05) is 6.54 Å².